The second-order valence-corrected chi connectivity index (χ2v) is 4.40. The zero-order valence-corrected chi connectivity index (χ0v) is 11.0. The van der Waals surface area contributed by atoms with Crippen LogP contribution in [0, 0.1) is 0 Å². The van der Waals surface area contributed by atoms with E-state index in [-0.39, 0.29) is 5.91 Å². The molecule has 0 aliphatic rings. The SMILES string of the molecule is CCCNC(=O)CNCc1ccccc1Br. The maximum Gasteiger partial charge on any atom is 0.233 e. The summed E-state index contributed by atoms with van der Waals surface area (Å²) in [5.41, 5.74) is 1.16. The lowest BCUT2D eigenvalue weighted by atomic mass is 10.2. The van der Waals surface area contributed by atoms with E-state index in [1.54, 1.807) is 0 Å². The number of hydrogen-bond acceptors (Lipinski definition) is 2. The van der Waals surface area contributed by atoms with E-state index in [0.29, 0.717) is 13.1 Å². The molecule has 0 heterocycles. The van der Waals surface area contributed by atoms with Crippen molar-refractivity contribution in [2.24, 2.45) is 0 Å². The Balaban J connectivity index is 2.25. The molecule has 88 valence electrons. The molecule has 0 bridgehead atoms. The molecule has 0 saturated carbocycles. The fraction of sp³-hybridized carbons (Fsp3) is 0.417. The molecular weight excluding hydrogens is 268 g/mol. The standard InChI is InChI=1S/C12H17BrN2O/c1-2-7-15-12(16)9-14-8-10-5-3-4-6-11(10)13/h3-6,14H,2,7-9H2,1H3,(H,15,16). The second-order valence-electron chi connectivity index (χ2n) is 3.54. The maximum atomic E-state index is 11.3. The summed E-state index contributed by atoms with van der Waals surface area (Å²) in [6, 6.07) is 7.98. The minimum absolute atomic E-state index is 0.0499. The molecule has 3 nitrogen and oxygen atoms in total. The van der Waals surface area contributed by atoms with E-state index in [0.717, 1.165) is 23.0 Å². The lowest BCUT2D eigenvalue weighted by Gasteiger charge is -2.07. The number of carbonyl (C=O) groups excluding carboxylic acids is 1. The van der Waals surface area contributed by atoms with Gasteiger partial charge in [-0.3, -0.25) is 4.79 Å². The van der Waals surface area contributed by atoms with Gasteiger partial charge in [0.2, 0.25) is 5.91 Å². The van der Waals surface area contributed by atoms with Crippen molar-refractivity contribution in [3.8, 4) is 0 Å². The van der Waals surface area contributed by atoms with E-state index in [9.17, 15) is 4.79 Å². The molecule has 0 unspecified atom stereocenters. The van der Waals surface area contributed by atoms with E-state index in [1.165, 1.54) is 0 Å². The number of amides is 1. The van der Waals surface area contributed by atoms with Crippen molar-refractivity contribution in [3.05, 3.63) is 34.3 Å². The minimum atomic E-state index is 0.0499. The van der Waals surface area contributed by atoms with Gasteiger partial charge in [0.05, 0.1) is 6.54 Å². The van der Waals surface area contributed by atoms with Crippen LogP contribution in [0.5, 0.6) is 0 Å². The number of rotatable bonds is 6. The van der Waals surface area contributed by atoms with Crippen molar-refractivity contribution in [1.29, 1.82) is 0 Å². The van der Waals surface area contributed by atoms with Gasteiger partial charge in [0.1, 0.15) is 0 Å². The van der Waals surface area contributed by atoms with Gasteiger partial charge < -0.3 is 10.6 Å². The highest BCUT2D eigenvalue weighted by Gasteiger charge is 2.01. The quantitative estimate of drug-likeness (QED) is 0.840. The normalized spacial score (nSPS) is 10.1. The maximum absolute atomic E-state index is 11.3. The Morgan fingerprint density at radius 3 is 2.81 bits per heavy atom. The monoisotopic (exact) mass is 284 g/mol. The first-order chi connectivity index (χ1) is 7.74. The van der Waals surface area contributed by atoms with Crippen molar-refractivity contribution in [1.82, 2.24) is 10.6 Å². The van der Waals surface area contributed by atoms with E-state index >= 15 is 0 Å². The Labute approximate surface area is 105 Å². The highest BCUT2D eigenvalue weighted by molar-refractivity contribution is 9.10. The van der Waals surface area contributed by atoms with Crippen molar-refractivity contribution in [2.75, 3.05) is 13.1 Å². The molecule has 1 amide bonds. The van der Waals surface area contributed by atoms with E-state index in [2.05, 4.69) is 26.6 Å². The van der Waals surface area contributed by atoms with Crippen LogP contribution < -0.4 is 10.6 Å². The van der Waals surface area contributed by atoms with Crippen LogP contribution in [-0.2, 0) is 11.3 Å². The van der Waals surface area contributed by atoms with Crippen LogP contribution in [0.3, 0.4) is 0 Å². The molecule has 0 aromatic heterocycles. The summed E-state index contributed by atoms with van der Waals surface area (Å²) in [4.78, 5) is 11.3. The Kier molecular flexibility index (Phi) is 6.11. The van der Waals surface area contributed by atoms with Crippen molar-refractivity contribution in [2.45, 2.75) is 19.9 Å². The number of halogens is 1. The van der Waals surface area contributed by atoms with E-state index < -0.39 is 0 Å². The summed E-state index contributed by atoms with van der Waals surface area (Å²) < 4.78 is 1.07. The molecule has 0 aliphatic carbocycles. The average Bonchev–Trinajstić information content (AvgIpc) is 2.29. The largest absolute Gasteiger partial charge is 0.355 e. The number of carbonyl (C=O) groups is 1. The molecule has 0 atom stereocenters. The molecule has 1 aromatic rings. The highest BCUT2D eigenvalue weighted by atomic mass is 79.9. The molecule has 0 radical (unpaired) electrons. The summed E-state index contributed by atoms with van der Waals surface area (Å²) in [6.45, 7) is 3.84. The summed E-state index contributed by atoms with van der Waals surface area (Å²) >= 11 is 3.46. The first-order valence-corrected chi connectivity index (χ1v) is 6.24. The first-order valence-electron chi connectivity index (χ1n) is 5.45. The third-order valence-electron chi connectivity index (χ3n) is 2.13. The molecule has 16 heavy (non-hydrogen) atoms. The van der Waals surface area contributed by atoms with Gasteiger partial charge in [-0.15, -0.1) is 0 Å². The van der Waals surface area contributed by atoms with Gasteiger partial charge in [0, 0.05) is 17.6 Å². The van der Waals surface area contributed by atoms with Gasteiger partial charge in [0.15, 0.2) is 0 Å². The fourth-order valence-corrected chi connectivity index (χ4v) is 1.70. The van der Waals surface area contributed by atoms with E-state index in [4.69, 9.17) is 0 Å². The molecule has 2 N–H and O–H groups in total. The predicted octanol–water partition coefficient (Wildman–Crippen LogP) is 2.06. The molecule has 1 rings (SSSR count). The van der Waals surface area contributed by atoms with Gasteiger partial charge in [-0.2, -0.15) is 0 Å². The minimum Gasteiger partial charge on any atom is -0.355 e. The van der Waals surface area contributed by atoms with Crippen LogP contribution in [0.4, 0.5) is 0 Å². The van der Waals surface area contributed by atoms with Crippen LogP contribution in [0.25, 0.3) is 0 Å². The van der Waals surface area contributed by atoms with Crippen molar-refractivity contribution < 1.29 is 4.79 Å². The topological polar surface area (TPSA) is 41.1 Å². The number of benzene rings is 1. The Bertz CT molecular complexity index is 342. The van der Waals surface area contributed by atoms with Crippen LogP contribution in [-0.4, -0.2) is 19.0 Å². The third kappa shape index (κ3) is 4.77. The van der Waals surface area contributed by atoms with Gasteiger partial charge >= 0.3 is 0 Å². The van der Waals surface area contributed by atoms with E-state index in [1.807, 2.05) is 31.2 Å². The Hall–Kier alpha value is -0.870. The van der Waals surface area contributed by atoms with Gasteiger partial charge in [-0.1, -0.05) is 41.1 Å². The summed E-state index contributed by atoms with van der Waals surface area (Å²) in [5, 5.41) is 5.93. The average molecular weight is 285 g/mol. The first kappa shape index (κ1) is 13.2. The summed E-state index contributed by atoms with van der Waals surface area (Å²) in [7, 11) is 0. The Morgan fingerprint density at radius 2 is 2.12 bits per heavy atom. The van der Waals surface area contributed by atoms with Gasteiger partial charge in [-0.05, 0) is 18.1 Å². The molecule has 1 aromatic carbocycles. The molecule has 0 saturated heterocycles. The highest BCUT2D eigenvalue weighted by Crippen LogP contribution is 2.14. The lowest BCUT2D eigenvalue weighted by molar-refractivity contribution is -0.120. The predicted molar refractivity (Wildman–Crippen MR) is 69.1 cm³/mol. The molecule has 4 heteroatoms. The van der Waals surface area contributed by atoms with Crippen molar-refractivity contribution >= 4 is 21.8 Å². The van der Waals surface area contributed by atoms with Crippen LogP contribution in [0.1, 0.15) is 18.9 Å². The smallest absolute Gasteiger partial charge is 0.233 e. The Morgan fingerprint density at radius 1 is 1.38 bits per heavy atom. The zero-order valence-electron chi connectivity index (χ0n) is 9.42. The van der Waals surface area contributed by atoms with Gasteiger partial charge in [-0.25, -0.2) is 0 Å². The fourth-order valence-electron chi connectivity index (χ4n) is 1.28. The summed E-state index contributed by atoms with van der Waals surface area (Å²) in [6.07, 6.45) is 0.968. The molecule has 0 fully saturated rings. The molecule has 0 aliphatic heterocycles. The lowest BCUT2D eigenvalue weighted by Crippen LogP contribution is -2.33. The third-order valence-corrected chi connectivity index (χ3v) is 2.90. The zero-order chi connectivity index (χ0) is 11.8. The number of nitrogens with one attached hydrogen (secondary N) is 2. The van der Waals surface area contributed by atoms with Crippen LogP contribution >= 0.6 is 15.9 Å². The molecular formula is C12H17BrN2O. The van der Waals surface area contributed by atoms with Gasteiger partial charge in [0.25, 0.3) is 0 Å². The number of hydrogen-bond donors (Lipinski definition) is 2. The van der Waals surface area contributed by atoms with Crippen LogP contribution in [0.15, 0.2) is 28.7 Å². The second kappa shape index (κ2) is 7.41. The van der Waals surface area contributed by atoms with Crippen LogP contribution in [0.2, 0.25) is 0 Å². The van der Waals surface area contributed by atoms with Crippen molar-refractivity contribution in [3.63, 3.8) is 0 Å². The molecule has 0 spiro atoms. The summed E-state index contributed by atoms with van der Waals surface area (Å²) in [5.74, 6) is 0.0499.